The van der Waals surface area contributed by atoms with Crippen LogP contribution < -0.4 is 0 Å². The summed E-state index contributed by atoms with van der Waals surface area (Å²) in [6, 6.07) is 0. The lowest BCUT2D eigenvalue weighted by Gasteiger charge is -0.413. The van der Waals surface area contributed by atoms with Gasteiger partial charge in [-0.05, 0) is 0 Å². The largest absolute Gasteiger partial charge is 0.412 e. The molecule has 10 N–H and O–H groups in total. The van der Waals surface area contributed by atoms with Gasteiger partial charge in [0.1, 0.15) is 0 Å². The average molecular weight is 195 g/mol. The van der Waals surface area contributed by atoms with Gasteiger partial charge in [0.15, 0.2) is 0 Å². The van der Waals surface area contributed by atoms with Gasteiger partial charge in [0, 0.05) is 0 Å². The molecule has 0 saturated heterocycles. The molecule has 0 spiro atoms. The summed E-state index contributed by atoms with van der Waals surface area (Å²) in [6.07, 6.45) is 0. The first-order valence-corrected chi connectivity index (χ1v) is 0. The predicted molar refractivity (Wildman–Crippen MR) is 52.2 cm³/mol. The minimum atomic E-state index is 0. The fourth-order valence-electron chi connectivity index (χ4n) is 0. The van der Waals surface area contributed by atoms with E-state index in [1.807, 2.05) is 0 Å². The third kappa shape index (κ3) is 104. The molecule has 5 nitrogen and oxygen atoms in total. The van der Waals surface area contributed by atoms with Crippen LogP contribution in [0.5, 0.6) is 0 Å². The zero-order valence-corrected chi connectivity index (χ0v) is 2.50. The van der Waals surface area contributed by atoms with Gasteiger partial charge >= 0.3 is 92.2 Å². The van der Waals surface area contributed by atoms with Crippen LogP contribution in [0.2, 0.25) is 0 Å². The van der Waals surface area contributed by atoms with Crippen LogP contribution in [0, 0.1) is 0 Å². The fourth-order valence-corrected chi connectivity index (χ4v) is 0. The molecule has 0 atom stereocenters. The molecule has 0 unspecified atom stereocenters. The Labute approximate surface area is 118 Å². The van der Waals surface area contributed by atoms with E-state index in [2.05, 4.69) is 0 Å². The average Bonchev–Trinajstić information content (AvgIpc) is 0. The summed E-state index contributed by atoms with van der Waals surface area (Å²) in [7, 11) is 0. The Bertz CT molecular complexity index is 8.92. The number of hydrogen-bond acceptors (Lipinski definition) is 0. The van der Waals surface area contributed by atoms with E-state index in [1.54, 1.807) is 0 Å². The van der Waals surface area contributed by atoms with Crippen molar-refractivity contribution >= 4 is 92.2 Å². The third-order valence-corrected chi connectivity index (χ3v) is 0. The van der Waals surface area contributed by atoms with E-state index in [0.717, 1.165) is 0 Å². The van der Waals surface area contributed by atoms with E-state index in [-0.39, 0.29) is 120 Å². The smallest absolute Gasteiger partial charge is 0.316 e. The normalized spacial score (nSPS) is 0. The molecule has 0 aromatic carbocycles. The van der Waals surface area contributed by atoms with Crippen LogP contribution in [0.25, 0.3) is 0 Å². The highest BCUT2D eigenvalue weighted by Crippen LogP contribution is -0.285. The van der Waals surface area contributed by atoms with Crippen molar-refractivity contribution in [1.29, 1.82) is 0 Å². The minimum absolute atomic E-state index is 0. The van der Waals surface area contributed by atoms with Gasteiger partial charge < -0.3 is 27.4 Å². The lowest BCUT2D eigenvalue weighted by molar-refractivity contribution is 0.823. The lowest BCUT2D eigenvalue weighted by atomic mass is 16.0. The van der Waals surface area contributed by atoms with Crippen molar-refractivity contribution in [3.63, 3.8) is 0 Å². The van der Waals surface area contributed by atoms with Crippen LogP contribution in [-0.2, 0) is 0 Å². The minimum Gasteiger partial charge on any atom is -0.412 e. The van der Waals surface area contributed by atoms with Gasteiger partial charge in [0.25, 0.3) is 0 Å². The molecule has 0 aromatic heterocycles. The van der Waals surface area contributed by atoms with Crippen molar-refractivity contribution in [1.82, 2.24) is 0 Å². The van der Waals surface area contributed by atoms with Crippen LogP contribution in [0.15, 0.2) is 0 Å². The van der Waals surface area contributed by atoms with Crippen molar-refractivity contribution in [2.45, 2.75) is 0 Å². The zero-order chi connectivity index (χ0) is 0. The fraction of sp³-hybridized carbons (Fsp3) is 0. The SMILES string of the molecule is O.O.O.O.O.[MgH2].[MgH2].[MgH2].[MgH2]. The highest BCUT2D eigenvalue weighted by Gasteiger charge is 0.319. The van der Waals surface area contributed by atoms with E-state index < -0.39 is 0 Å². The quantitative estimate of drug-likeness (QED) is 0.336. The van der Waals surface area contributed by atoms with Gasteiger partial charge in [-0.25, -0.2) is 0 Å². The Morgan fingerprint density at radius 3 is 0.222 bits per heavy atom. The van der Waals surface area contributed by atoms with Crippen molar-refractivity contribution in [2.75, 3.05) is 0 Å². The first-order valence-electron chi connectivity index (χ1n) is 0. The lowest BCUT2D eigenvalue weighted by Crippen LogP contribution is -0.382. The molecule has 0 bridgehead atoms. The molecule has 9 heavy (non-hydrogen) atoms. The molecule has 0 fully saturated rings. The summed E-state index contributed by atoms with van der Waals surface area (Å²) < 4.78 is 0. The second kappa shape index (κ2) is 129. The molecule has 0 rings (SSSR count). The van der Waals surface area contributed by atoms with E-state index in [0.29, 0.717) is 0 Å². The van der Waals surface area contributed by atoms with Crippen molar-refractivity contribution in [3.05, 3.63) is 0 Å². The summed E-state index contributed by atoms with van der Waals surface area (Å²) in [6.45, 7) is 0. The van der Waals surface area contributed by atoms with Crippen LogP contribution >= 0.6 is 0 Å². The second-order valence-corrected chi connectivity index (χ2v) is 0. The summed E-state index contributed by atoms with van der Waals surface area (Å²) in [5, 5.41) is 0. The topological polar surface area (TPSA) is 158 Å². The van der Waals surface area contributed by atoms with E-state index in [4.69, 9.17) is 0 Å². The maximum atomic E-state index is 0. The zero-order valence-electron chi connectivity index (χ0n) is 2.50. The third-order valence-electron chi connectivity index (χ3n) is 0. The molecule has 56 valence electrons. The van der Waals surface area contributed by atoms with Gasteiger partial charge in [0.05, 0.1) is 0 Å². The van der Waals surface area contributed by atoms with E-state index >= 15 is 0 Å². The van der Waals surface area contributed by atoms with Gasteiger partial charge in [0.2, 0.25) is 0 Å². The first-order chi connectivity index (χ1) is 0. The first kappa shape index (κ1) is 171. The maximum Gasteiger partial charge on any atom is 0.316 e. The van der Waals surface area contributed by atoms with Crippen LogP contribution in [0.1, 0.15) is 0 Å². The molecule has 0 aliphatic carbocycles. The summed E-state index contributed by atoms with van der Waals surface area (Å²) in [5.74, 6) is 0. The summed E-state index contributed by atoms with van der Waals surface area (Å²) >= 11 is 0. The predicted octanol–water partition coefficient (Wildman–Crippen LogP) is -7.79. The van der Waals surface area contributed by atoms with Crippen LogP contribution in [0.4, 0.5) is 0 Å². The Hall–Kier alpha value is 2.86. The summed E-state index contributed by atoms with van der Waals surface area (Å²) in [4.78, 5) is 0. The Balaban J connectivity index is 0. The van der Waals surface area contributed by atoms with Gasteiger partial charge in [-0.1, -0.05) is 0 Å². The van der Waals surface area contributed by atoms with Crippen LogP contribution in [-0.4, -0.2) is 120 Å². The van der Waals surface area contributed by atoms with Crippen molar-refractivity contribution in [2.24, 2.45) is 0 Å². The van der Waals surface area contributed by atoms with Crippen molar-refractivity contribution in [3.8, 4) is 0 Å². The highest BCUT2D eigenvalue weighted by molar-refractivity contribution is 5.76. The van der Waals surface area contributed by atoms with Crippen LogP contribution in [0.3, 0.4) is 0 Å². The Morgan fingerprint density at radius 2 is 0.222 bits per heavy atom. The molecule has 0 aromatic rings. The van der Waals surface area contributed by atoms with E-state index in [1.165, 1.54) is 0 Å². The molecule has 9 heteroatoms. The standard InChI is InChI=1S/4Mg.5H2O.8H/h;;;;5*1H2;;;;;;;;. The molecule has 0 heterocycles. The maximum absolute atomic E-state index is 0. The Morgan fingerprint density at radius 1 is 0.222 bits per heavy atom. The van der Waals surface area contributed by atoms with Gasteiger partial charge in [-0.2, -0.15) is 0 Å². The molecule has 0 aliphatic heterocycles. The monoisotopic (exact) mass is 194 g/mol. The number of rotatable bonds is 0. The molecule has 0 aliphatic rings. The molecule has 0 saturated carbocycles. The molecular formula is H18Mg4O5. The number of hydrogen-bond donors (Lipinski definition) is 0. The second-order valence-electron chi connectivity index (χ2n) is 0. The molecule has 0 amide bonds. The van der Waals surface area contributed by atoms with Gasteiger partial charge in [-0.3, -0.25) is 0 Å². The molecular weight excluding hydrogens is 177 g/mol. The van der Waals surface area contributed by atoms with E-state index in [9.17, 15) is 0 Å². The van der Waals surface area contributed by atoms with Crippen molar-refractivity contribution < 1.29 is 27.4 Å². The molecule has 0 radical (unpaired) electrons. The highest BCUT2D eigenvalue weighted by atomic mass is 24.3. The Kier molecular flexibility index (Phi) is 2440. The summed E-state index contributed by atoms with van der Waals surface area (Å²) in [5.41, 5.74) is 0. The van der Waals surface area contributed by atoms with Gasteiger partial charge in [-0.15, -0.1) is 0 Å².